The number of ether oxygens (including phenoxy) is 1. The first kappa shape index (κ1) is 15.1. The fourth-order valence-corrected chi connectivity index (χ4v) is 2.93. The van der Waals surface area contributed by atoms with Gasteiger partial charge in [-0.05, 0) is 30.4 Å². The molecule has 0 saturated heterocycles. The smallest absolute Gasteiger partial charge is 0.127 e. The van der Waals surface area contributed by atoms with Gasteiger partial charge in [-0.3, -0.25) is 0 Å². The van der Waals surface area contributed by atoms with Crippen LogP contribution in [0.25, 0.3) is 11.1 Å². The summed E-state index contributed by atoms with van der Waals surface area (Å²) in [6.45, 7) is 3.05. The molecule has 1 atom stereocenters. The Hall–Kier alpha value is -1.28. The lowest BCUT2D eigenvalue weighted by molar-refractivity contribution is 0.283. The van der Waals surface area contributed by atoms with Crippen LogP contribution in [0, 0.1) is 5.92 Å². The minimum atomic E-state index is 0.693. The van der Waals surface area contributed by atoms with Crippen LogP contribution in [0.1, 0.15) is 19.8 Å². The number of halogens is 1. The van der Waals surface area contributed by atoms with Crippen molar-refractivity contribution in [3.05, 3.63) is 54.6 Å². The van der Waals surface area contributed by atoms with Crippen LogP contribution in [0.15, 0.2) is 54.6 Å². The molecule has 0 aliphatic carbocycles. The normalized spacial score (nSPS) is 12.1. The van der Waals surface area contributed by atoms with E-state index in [4.69, 9.17) is 4.74 Å². The van der Waals surface area contributed by atoms with Gasteiger partial charge in [-0.1, -0.05) is 71.4 Å². The Labute approximate surface area is 130 Å². The standard InChI is InChI=1S/C18H21BrO/c1-15(11-13-19)12-14-20-18-10-6-5-9-17(18)16-7-3-2-4-8-16/h2-10,15H,11-14H2,1H3. The van der Waals surface area contributed by atoms with Crippen LogP contribution in [0.2, 0.25) is 0 Å². The Morgan fingerprint density at radius 3 is 2.40 bits per heavy atom. The van der Waals surface area contributed by atoms with Crippen molar-refractivity contribution in [1.29, 1.82) is 0 Å². The number of para-hydroxylation sites is 1. The highest BCUT2D eigenvalue weighted by Gasteiger charge is 2.06. The van der Waals surface area contributed by atoms with Crippen molar-refractivity contribution in [2.24, 2.45) is 5.92 Å². The highest BCUT2D eigenvalue weighted by atomic mass is 79.9. The molecule has 1 unspecified atom stereocenters. The van der Waals surface area contributed by atoms with Gasteiger partial charge in [0, 0.05) is 10.9 Å². The van der Waals surface area contributed by atoms with Crippen molar-refractivity contribution in [2.75, 3.05) is 11.9 Å². The molecule has 0 saturated carbocycles. The Balaban J connectivity index is 2.02. The summed E-state index contributed by atoms with van der Waals surface area (Å²) in [6, 6.07) is 18.7. The fraction of sp³-hybridized carbons (Fsp3) is 0.333. The molecule has 0 radical (unpaired) electrons. The molecular weight excluding hydrogens is 312 g/mol. The van der Waals surface area contributed by atoms with Crippen LogP contribution in [0.4, 0.5) is 0 Å². The lowest BCUT2D eigenvalue weighted by Crippen LogP contribution is -2.05. The lowest BCUT2D eigenvalue weighted by atomic mass is 10.0. The molecule has 2 heteroatoms. The predicted octanol–water partition coefficient (Wildman–Crippen LogP) is 5.54. The van der Waals surface area contributed by atoms with Gasteiger partial charge in [0.25, 0.3) is 0 Å². The first-order valence-electron chi connectivity index (χ1n) is 7.14. The third kappa shape index (κ3) is 4.38. The van der Waals surface area contributed by atoms with E-state index >= 15 is 0 Å². The fourth-order valence-electron chi connectivity index (χ4n) is 2.15. The predicted molar refractivity (Wildman–Crippen MR) is 89.6 cm³/mol. The van der Waals surface area contributed by atoms with Crippen molar-refractivity contribution in [1.82, 2.24) is 0 Å². The van der Waals surface area contributed by atoms with Crippen LogP contribution >= 0.6 is 15.9 Å². The van der Waals surface area contributed by atoms with E-state index in [0.717, 1.165) is 24.1 Å². The number of alkyl halides is 1. The van der Waals surface area contributed by atoms with Crippen LogP contribution in [0.5, 0.6) is 5.75 Å². The van der Waals surface area contributed by atoms with Crippen molar-refractivity contribution in [3.8, 4) is 16.9 Å². The topological polar surface area (TPSA) is 9.23 Å². The highest BCUT2D eigenvalue weighted by molar-refractivity contribution is 9.09. The third-order valence-electron chi connectivity index (χ3n) is 3.44. The molecule has 0 amide bonds. The zero-order valence-corrected chi connectivity index (χ0v) is 13.5. The van der Waals surface area contributed by atoms with Crippen molar-refractivity contribution in [2.45, 2.75) is 19.8 Å². The molecule has 0 aliphatic rings. The summed E-state index contributed by atoms with van der Waals surface area (Å²) in [7, 11) is 0. The van der Waals surface area contributed by atoms with E-state index in [1.165, 1.54) is 17.5 Å². The van der Waals surface area contributed by atoms with Gasteiger partial charge >= 0.3 is 0 Å². The average Bonchev–Trinajstić information content (AvgIpc) is 2.49. The van der Waals surface area contributed by atoms with Gasteiger partial charge in [-0.15, -0.1) is 0 Å². The summed E-state index contributed by atoms with van der Waals surface area (Å²) in [5.41, 5.74) is 2.37. The monoisotopic (exact) mass is 332 g/mol. The number of hydrogen-bond donors (Lipinski definition) is 0. The molecule has 2 rings (SSSR count). The van der Waals surface area contributed by atoms with E-state index in [9.17, 15) is 0 Å². The SMILES string of the molecule is CC(CCBr)CCOc1ccccc1-c1ccccc1. The summed E-state index contributed by atoms with van der Waals surface area (Å²) < 4.78 is 5.99. The first-order chi connectivity index (χ1) is 9.81. The van der Waals surface area contributed by atoms with E-state index in [0.29, 0.717) is 5.92 Å². The molecule has 0 heterocycles. The molecule has 2 aromatic carbocycles. The van der Waals surface area contributed by atoms with Gasteiger partial charge in [-0.2, -0.15) is 0 Å². The molecule has 1 nitrogen and oxygen atoms in total. The highest BCUT2D eigenvalue weighted by Crippen LogP contribution is 2.29. The van der Waals surface area contributed by atoms with Crippen LogP contribution < -0.4 is 4.74 Å². The lowest BCUT2D eigenvalue weighted by Gasteiger charge is -2.14. The average molecular weight is 333 g/mol. The zero-order valence-electron chi connectivity index (χ0n) is 11.9. The Bertz CT molecular complexity index is 510. The van der Waals surface area contributed by atoms with Crippen molar-refractivity contribution < 1.29 is 4.74 Å². The largest absolute Gasteiger partial charge is 0.493 e. The molecule has 2 aromatic rings. The summed E-state index contributed by atoms with van der Waals surface area (Å²) in [5.74, 6) is 1.67. The minimum absolute atomic E-state index is 0.693. The molecular formula is C18H21BrO. The summed E-state index contributed by atoms with van der Waals surface area (Å²) in [5, 5.41) is 1.06. The molecule has 106 valence electrons. The second kappa shape index (κ2) is 8.11. The van der Waals surface area contributed by atoms with Crippen molar-refractivity contribution >= 4 is 15.9 Å². The number of rotatable bonds is 7. The second-order valence-electron chi connectivity index (χ2n) is 5.08. The molecule has 0 bridgehead atoms. The maximum Gasteiger partial charge on any atom is 0.127 e. The molecule has 0 spiro atoms. The summed E-state index contributed by atoms with van der Waals surface area (Å²) in [6.07, 6.45) is 2.29. The summed E-state index contributed by atoms with van der Waals surface area (Å²) >= 11 is 3.49. The maximum atomic E-state index is 5.99. The van der Waals surface area contributed by atoms with Crippen LogP contribution in [0.3, 0.4) is 0 Å². The maximum absolute atomic E-state index is 5.99. The number of benzene rings is 2. The Morgan fingerprint density at radius 1 is 0.950 bits per heavy atom. The molecule has 20 heavy (non-hydrogen) atoms. The zero-order chi connectivity index (χ0) is 14.2. The molecule has 0 aliphatic heterocycles. The van der Waals surface area contributed by atoms with Gasteiger partial charge in [0.15, 0.2) is 0 Å². The van der Waals surface area contributed by atoms with E-state index in [-0.39, 0.29) is 0 Å². The number of hydrogen-bond acceptors (Lipinski definition) is 1. The van der Waals surface area contributed by atoms with Gasteiger partial charge < -0.3 is 4.74 Å². The minimum Gasteiger partial charge on any atom is -0.493 e. The van der Waals surface area contributed by atoms with Crippen LogP contribution in [-0.4, -0.2) is 11.9 Å². The summed E-state index contributed by atoms with van der Waals surface area (Å²) in [4.78, 5) is 0. The van der Waals surface area contributed by atoms with E-state index in [1.807, 2.05) is 12.1 Å². The van der Waals surface area contributed by atoms with E-state index in [2.05, 4.69) is 65.3 Å². The van der Waals surface area contributed by atoms with Crippen molar-refractivity contribution in [3.63, 3.8) is 0 Å². The van der Waals surface area contributed by atoms with Gasteiger partial charge in [0.1, 0.15) is 5.75 Å². The molecule has 0 fully saturated rings. The van der Waals surface area contributed by atoms with E-state index < -0.39 is 0 Å². The van der Waals surface area contributed by atoms with Gasteiger partial charge in [0.2, 0.25) is 0 Å². The van der Waals surface area contributed by atoms with Gasteiger partial charge in [0.05, 0.1) is 6.61 Å². The second-order valence-corrected chi connectivity index (χ2v) is 5.88. The molecule has 0 N–H and O–H groups in total. The van der Waals surface area contributed by atoms with Gasteiger partial charge in [-0.25, -0.2) is 0 Å². The Kier molecular flexibility index (Phi) is 6.13. The van der Waals surface area contributed by atoms with Crippen LogP contribution in [-0.2, 0) is 0 Å². The quantitative estimate of drug-likeness (QED) is 0.604. The Morgan fingerprint density at radius 2 is 1.65 bits per heavy atom. The third-order valence-corrected chi connectivity index (χ3v) is 3.90. The first-order valence-corrected chi connectivity index (χ1v) is 8.26. The van der Waals surface area contributed by atoms with E-state index in [1.54, 1.807) is 0 Å². The molecule has 0 aromatic heterocycles.